The predicted octanol–water partition coefficient (Wildman–Crippen LogP) is 3.72. The number of esters is 1. The molecule has 0 aromatic heterocycles. The summed E-state index contributed by atoms with van der Waals surface area (Å²) in [6, 6.07) is 2.97. The van der Waals surface area contributed by atoms with Crippen molar-refractivity contribution < 1.29 is 22.7 Å². The lowest BCUT2D eigenvalue weighted by Crippen LogP contribution is -2.22. The van der Waals surface area contributed by atoms with Crippen LogP contribution in [0.4, 0.5) is 18.9 Å². The Morgan fingerprint density at radius 3 is 2.63 bits per heavy atom. The minimum Gasteiger partial charge on any atom is -0.469 e. The van der Waals surface area contributed by atoms with Crippen LogP contribution in [0.1, 0.15) is 18.9 Å². The summed E-state index contributed by atoms with van der Waals surface area (Å²) in [4.78, 5) is 11.1. The van der Waals surface area contributed by atoms with Crippen molar-refractivity contribution >= 4 is 23.3 Å². The van der Waals surface area contributed by atoms with Gasteiger partial charge in [0.05, 0.1) is 29.8 Å². The molecule has 0 aliphatic rings. The van der Waals surface area contributed by atoms with Crippen molar-refractivity contribution in [3.05, 3.63) is 28.8 Å². The lowest BCUT2D eigenvalue weighted by Gasteiger charge is -2.19. The summed E-state index contributed by atoms with van der Waals surface area (Å²) < 4.78 is 42.9. The van der Waals surface area contributed by atoms with Crippen molar-refractivity contribution in [1.29, 1.82) is 0 Å². The van der Waals surface area contributed by atoms with Crippen LogP contribution in [-0.2, 0) is 15.7 Å². The molecule has 0 aliphatic heterocycles. The summed E-state index contributed by atoms with van der Waals surface area (Å²) >= 11 is 5.77. The van der Waals surface area contributed by atoms with Gasteiger partial charge in [0.25, 0.3) is 0 Å². The lowest BCUT2D eigenvalue weighted by molar-refractivity contribution is -0.140. The number of alkyl halides is 3. The first-order chi connectivity index (χ1) is 8.75. The molecule has 7 heteroatoms. The first kappa shape index (κ1) is 15.6. The highest BCUT2D eigenvalue weighted by Crippen LogP contribution is 2.38. The molecule has 0 radical (unpaired) electrons. The fraction of sp³-hybridized carbons (Fsp3) is 0.417. The number of hydrogen-bond donors (Lipinski definition) is 1. The van der Waals surface area contributed by atoms with E-state index in [0.717, 1.165) is 6.07 Å². The summed E-state index contributed by atoms with van der Waals surface area (Å²) in [5, 5.41) is 2.55. The number of rotatable bonds is 4. The van der Waals surface area contributed by atoms with E-state index in [1.807, 2.05) is 0 Å². The fourth-order valence-corrected chi connectivity index (χ4v) is 1.77. The van der Waals surface area contributed by atoms with Crippen molar-refractivity contribution in [2.75, 3.05) is 12.4 Å². The molecular formula is C12H13ClF3NO2. The predicted molar refractivity (Wildman–Crippen MR) is 66.2 cm³/mol. The zero-order valence-corrected chi connectivity index (χ0v) is 11.1. The number of benzene rings is 1. The standard InChI is InChI=1S/C12H13ClF3NO2/c1-7(6-10(18)19-2)17-11-8(12(14,15)16)4-3-5-9(11)13/h3-5,7,17H,6H2,1-2H3. The molecule has 0 saturated heterocycles. The topological polar surface area (TPSA) is 38.3 Å². The number of hydrogen-bond acceptors (Lipinski definition) is 3. The molecule has 19 heavy (non-hydrogen) atoms. The first-order valence-corrected chi connectivity index (χ1v) is 5.82. The van der Waals surface area contributed by atoms with Crippen LogP contribution in [0, 0.1) is 0 Å². The molecule has 0 aliphatic carbocycles. The van der Waals surface area contributed by atoms with Gasteiger partial charge in [-0.15, -0.1) is 0 Å². The largest absolute Gasteiger partial charge is 0.469 e. The van der Waals surface area contributed by atoms with Gasteiger partial charge in [-0.1, -0.05) is 17.7 Å². The zero-order chi connectivity index (χ0) is 14.6. The fourth-order valence-electron chi connectivity index (χ4n) is 1.54. The van der Waals surface area contributed by atoms with E-state index in [-0.39, 0.29) is 17.1 Å². The number of halogens is 4. The van der Waals surface area contributed by atoms with Crippen molar-refractivity contribution in [2.45, 2.75) is 25.6 Å². The van der Waals surface area contributed by atoms with Gasteiger partial charge in [-0.3, -0.25) is 4.79 Å². The third-order valence-electron chi connectivity index (χ3n) is 2.41. The second-order valence-corrected chi connectivity index (χ2v) is 4.39. The summed E-state index contributed by atoms with van der Waals surface area (Å²) in [5.74, 6) is -0.513. The monoisotopic (exact) mass is 295 g/mol. The highest BCUT2D eigenvalue weighted by molar-refractivity contribution is 6.33. The molecule has 106 valence electrons. The third-order valence-corrected chi connectivity index (χ3v) is 2.73. The van der Waals surface area contributed by atoms with Gasteiger partial charge >= 0.3 is 12.1 Å². The van der Waals surface area contributed by atoms with Crippen molar-refractivity contribution in [3.8, 4) is 0 Å². The molecule has 1 unspecified atom stereocenters. The Labute approximate surface area is 113 Å². The molecule has 1 atom stereocenters. The van der Waals surface area contributed by atoms with Crippen LogP contribution in [0.15, 0.2) is 18.2 Å². The summed E-state index contributed by atoms with van der Waals surface area (Å²) in [7, 11) is 1.21. The second kappa shape index (κ2) is 6.14. The molecule has 0 spiro atoms. The quantitative estimate of drug-likeness (QED) is 0.860. The Hall–Kier alpha value is -1.43. The molecule has 0 fully saturated rings. The molecule has 0 amide bonds. The number of carbonyl (C=O) groups excluding carboxylic acids is 1. The minimum atomic E-state index is -4.52. The maximum Gasteiger partial charge on any atom is 0.418 e. The highest BCUT2D eigenvalue weighted by atomic mass is 35.5. The maximum atomic E-state index is 12.8. The lowest BCUT2D eigenvalue weighted by atomic mass is 10.1. The Bertz CT molecular complexity index is 463. The number of nitrogens with one attached hydrogen (secondary N) is 1. The summed E-state index contributed by atoms with van der Waals surface area (Å²) in [6.45, 7) is 1.57. The first-order valence-electron chi connectivity index (χ1n) is 5.44. The van der Waals surface area contributed by atoms with Crippen LogP contribution in [-0.4, -0.2) is 19.1 Å². The Balaban J connectivity index is 2.97. The number of methoxy groups -OCH3 is 1. The van der Waals surface area contributed by atoms with Gasteiger partial charge in [-0.2, -0.15) is 13.2 Å². The molecule has 1 N–H and O–H groups in total. The number of carbonyl (C=O) groups is 1. The van der Waals surface area contributed by atoms with Crippen LogP contribution in [0.3, 0.4) is 0 Å². The van der Waals surface area contributed by atoms with E-state index >= 15 is 0 Å². The third kappa shape index (κ3) is 4.31. The number of anilines is 1. The minimum absolute atomic E-state index is 0.0495. The SMILES string of the molecule is COC(=O)CC(C)Nc1c(Cl)cccc1C(F)(F)F. The van der Waals surface area contributed by atoms with Crippen molar-refractivity contribution in [2.24, 2.45) is 0 Å². The van der Waals surface area contributed by atoms with Gasteiger partial charge in [0, 0.05) is 6.04 Å². The average molecular weight is 296 g/mol. The molecular weight excluding hydrogens is 283 g/mol. The van der Waals surface area contributed by atoms with Gasteiger partial charge in [0.15, 0.2) is 0 Å². The van der Waals surface area contributed by atoms with Crippen LogP contribution >= 0.6 is 11.6 Å². The smallest absolute Gasteiger partial charge is 0.418 e. The van der Waals surface area contributed by atoms with Crippen LogP contribution in [0.25, 0.3) is 0 Å². The molecule has 0 saturated carbocycles. The van der Waals surface area contributed by atoms with E-state index in [4.69, 9.17) is 11.6 Å². The molecule has 3 nitrogen and oxygen atoms in total. The Morgan fingerprint density at radius 1 is 1.47 bits per heavy atom. The van der Waals surface area contributed by atoms with E-state index in [2.05, 4.69) is 10.1 Å². The van der Waals surface area contributed by atoms with Gasteiger partial charge in [-0.25, -0.2) is 0 Å². The van der Waals surface area contributed by atoms with E-state index in [1.54, 1.807) is 6.92 Å². The molecule has 0 heterocycles. The summed E-state index contributed by atoms with van der Waals surface area (Å²) in [5.41, 5.74) is -1.09. The van der Waals surface area contributed by atoms with E-state index in [9.17, 15) is 18.0 Å². The van der Waals surface area contributed by atoms with E-state index in [1.165, 1.54) is 19.2 Å². The van der Waals surface area contributed by atoms with Gasteiger partial charge in [0.2, 0.25) is 0 Å². The average Bonchev–Trinajstić information content (AvgIpc) is 2.30. The van der Waals surface area contributed by atoms with E-state index < -0.39 is 23.8 Å². The normalized spacial score (nSPS) is 12.9. The van der Waals surface area contributed by atoms with Crippen molar-refractivity contribution in [3.63, 3.8) is 0 Å². The van der Waals surface area contributed by atoms with Gasteiger partial charge in [0.1, 0.15) is 0 Å². The summed E-state index contributed by atoms with van der Waals surface area (Å²) in [6.07, 6.45) is -4.57. The molecule has 0 bridgehead atoms. The maximum absolute atomic E-state index is 12.8. The number of ether oxygens (including phenoxy) is 1. The highest BCUT2D eigenvalue weighted by Gasteiger charge is 2.34. The van der Waals surface area contributed by atoms with Crippen LogP contribution < -0.4 is 5.32 Å². The second-order valence-electron chi connectivity index (χ2n) is 3.99. The number of para-hydroxylation sites is 1. The molecule has 1 rings (SSSR count). The molecule has 1 aromatic carbocycles. The Morgan fingerprint density at radius 2 is 2.11 bits per heavy atom. The zero-order valence-electron chi connectivity index (χ0n) is 10.3. The van der Waals surface area contributed by atoms with Gasteiger partial charge in [-0.05, 0) is 19.1 Å². The van der Waals surface area contributed by atoms with Crippen LogP contribution in [0.2, 0.25) is 5.02 Å². The molecule has 1 aromatic rings. The van der Waals surface area contributed by atoms with E-state index in [0.29, 0.717) is 0 Å². The van der Waals surface area contributed by atoms with Gasteiger partial charge < -0.3 is 10.1 Å². The van der Waals surface area contributed by atoms with Crippen molar-refractivity contribution in [1.82, 2.24) is 0 Å². The Kier molecular flexibility index (Phi) is 5.05. The van der Waals surface area contributed by atoms with Crippen LogP contribution in [0.5, 0.6) is 0 Å².